The summed E-state index contributed by atoms with van der Waals surface area (Å²) in [7, 11) is 0. The molecule has 10 nitrogen and oxygen atoms in total. The Labute approximate surface area is 205 Å². The summed E-state index contributed by atoms with van der Waals surface area (Å²) >= 11 is 0. The van der Waals surface area contributed by atoms with E-state index in [1.54, 1.807) is 32.9 Å². The first-order valence-corrected chi connectivity index (χ1v) is 11.6. The lowest BCUT2D eigenvalue weighted by Gasteiger charge is -2.29. The first kappa shape index (κ1) is 27.8. The number of alkyl carbamates (subject to hydrolysis) is 1. The van der Waals surface area contributed by atoms with Crippen molar-refractivity contribution in [3.63, 3.8) is 0 Å². The fraction of sp³-hybridized carbons (Fsp3) is 0.520. The normalized spacial score (nSPS) is 21.4. The van der Waals surface area contributed by atoms with Gasteiger partial charge < -0.3 is 30.5 Å². The fourth-order valence-electron chi connectivity index (χ4n) is 3.32. The van der Waals surface area contributed by atoms with Gasteiger partial charge in [-0.05, 0) is 39.2 Å². The number of cyclic esters (lactones) is 1. The lowest BCUT2D eigenvalue weighted by atomic mass is 9.96. The van der Waals surface area contributed by atoms with Crippen molar-refractivity contribution in [3.05, 3.63) is 48.0 Å². The van der Waals surface area contributed by atoms with E-state index in [1.807, 2.05) is 30.3 Å². The average Bonchev–Trinajstić information content (AvgIpc) is 2.81. The van der Waals surface area contributed by atoms with E-state index in [-0.39, 0.29) is 50.9 Å². The van der Waals surface area contributed by atoms with Crippen molar-refractivity contribution < 1.29 is 33.8 Å². The van der Waals surface area contributed by atoms with Crippen LogP contribution in [0.15, 0.2) is 42.5 Å². The number of ether oxygens (including phenoxy) is 2. The Morgan fingerprint density at radius 1 is 1.20 bits per heavy atom. The second-order valence-corrected chi connectivity index (χ2v) is 9.23. The maximum absolute atomic E-state index is 12.8. The van der Waals surface area contributed by atoms with Gasteiger partial charge in [0.05, 0.1) is 18.1 Å². The monoisotopic (exact) mass is 489 g/mol. The molecule has 0 aliphatic carbocycles. The minimum atomic E-state index is -0.979. The SMILES string of the molecule is C[C@H](CO)NC(=O)C[C@H]1CC=CC[C@@H](NC(=O)OCc2ccccc2)C(=O)OCC(C)(C)NC1=O. The van der Waals surface area contributed by atoms with Gasteiger partial charge in [0.25, 0.3) is 0 Å². The van der Waals surface area contributed by atoms with Crippen LogP contribution in [-0.2, 0) is 30.5 Å². The molecular weight excluding hydrogens is 454 g/mol. The lowest BCUT2D eigenvalue weighted by molar-refractivity contribution is -0.149. The number of carbonyl (C=O) groups excluding carboxylic acids is 4. The summed E-state index contributed by atoms with van der Waals surface area (Å²) in [5, 5.41) is 17.1. The van der Waals surface area contributed by atoms with Crippen LogP contribution in [0.5, 0.6) is 0 Å². The highest BCUT2D eigenvalue weighted by Crippen LogP contribution is 2.16. The zero-order valence-electron chi connectivity index (χ0n) is 20.4. The van der Waals surface area contributed by atoms with Crippen molar-refractivity contribution in [1.82, 2.24) is 16.0 Å². The summed E-state index contributed by atoms with van der Waals surface area (Å²) in [6.45, 7) is 4.78. The van der Waals surface area contributed by atoms with Gasteiger partial charge in [-0.25, -0.2) is 9.59 Å². The summed E-state index contributed by atoms with van der Waals surface area (Å²) in [4.78, 5) is 50.0. The number of aliphatic hydroxyl groups excluding tert-OH is 1. The molecule has 3 atom stereocenters. The van der Waals surface area contributed by atoms with Crippen LogP contribution in [0.2, 0.25) is 0 Å². The van der Waals surface area contributed by atoms with Crippen molar-refractivity contribution >= 4 is 23.9 Å². The van der Waals surface area contributed by atoms with Gasteiger partial charge in [0.1, 0.15) is 19.3 Å². The van der Waals surface area contributed by atoms with E-state index in [0.717, 1.165) is 5.56 Å². The molecule has 0 radical (unpaired) electrons. The van der Waals surface area contributed by atoms with Crippen LogP contribution in [0.4, 0.5) is 4.79 Å². The third-order valence-electron chi connectivity index (χ3n) is 5.27. The minimum absolute atomic E-state index is 0.0575. The predicted octanol–water partition coefficient (Wildman–Crippen LogP) is 1.57. The molecule has 0 spiro atoms. The van der Waals surface area contributed by atoms with Crippen LogP contribution in [0.3, 0.4) is 0 Å². The van der Waals surface area contributed by atoms with Crippen molar-refractivity contribution in [3.8, 4) is 0 Å². The number of nitrogens with one attached hydrogen (secondary N) is 3. The number of benzene rings is 1. The highest BCUT2D eigenvalue weighted by molar-refractivity contribution is 5.86. The molecule has 1 aromatic carbocycles. The van der Waals surface area contributed by atoms with E-state index in [9.17, 15) is 19.2 Å². The third kappa shape index (κ3) is 10.2. The average molecular weight is 490 g/mol. The van der Waals surface area contributed by atoms with Gasteiger partial charge in [-0.15, -0.1) is 0 Å². The second-order valence-electron chi connectivity index (χ2n) is 9.23. The van der Waals surface area contributed by atoms with E-state index in [0.29, 0.717) is 0 Å². The summed E-state index contributed by atoms with van der Waals surface area (Å²) in [6.07, 6.45) is 2.91. The minimum Gasteiger partial charge on any atom is -0.462 e. The molecule has 10 heteroatoms. The molecule has 0 saturated heterocycles. The van der Waals surface area contributed by atoms with Crippen LogP contribution < -0.4 is 16.0 Å². The molecule has 4 N–H and O–H groups in total. The van der Waals surface area contributed by atoms with Crippen molar-refractivity contribution in [2.75, 3.05) is 13.2 Å². The van der Waals surface area contributed by atoms with Gasteiger partial charge in [0, 0.05) is 12.5 Å². The first-order valence-electron chi connectivity index (χ1n) is 11.6. The van der Waals surface area contributed by atoms with Gasteiger partial charge in [-0.1, -0.05) is 42.5 Å². The van der Waals surface area contributed by atoms with Crippen molar-refractivity contribution in [2.24, 2.45) is 5.92 Å². The zero-order valence-corrected chi connectivity index (χ0v) is 20.4. The number of rotatable bonds is 7. The molecule has 0 fully saturated rings. The molecular formula is C25H35N3O7. The Morgan fingerprint density at radius 2 is 1.89 bits per heavy atom. The molecule has 0 aromatic heterocycles. The first-order chi connectivity index (χ1) is 16.6. The van der Waals surface area contributed by atoms with Crippen LogP contribution in [0.1, 0.15) is 45.6 Å². The van der Waals surface area contributed by atoms with E-state index in [4.69, 9.17) is 14.6 Å². The van der Waals surface area contributed by atoms with E-state index in [2.05, 4.69) is 16.0 Å². The van der Waals surface area contributed by atoms with Crippen molar-refractivity contribution in [1.29, 1.82) is 0 Å². The summed E-state index contributed by atoms with van der Waals surface area (Å²) in [5.74, 6) is -2.00. The Balaban J connectivity index is 2.06. The van der Waals surface area contributed by atoms with E-state index >= 15 is 0 Å². The smallest absolute Gasteiger partial charge is 0.408 e. The topological polar surface area (TPSA) is 143 Å². The number of hydrogen-bond donors (Lipinski definition) is 4. The molecule has 0 saturated carbocycles. The number of carbonyl (C=O) groups is 4. The van der Waals surface area contributed by atoms with Crippen LogP contribution in [-0.4, -0.2) is 59.8 Å². The molecule has 1 heterocycles. The summed E-state index contributed by atoms with van der Waals surface area (Å²) in [5.41, 5.74) is -0.0917. The van der Waals surface area contributed by atoms with Gasteiger partial charge in [0.15, 0.2) is 0 Å². The second kappa shape index (κ2) is 13.5. The van der Waals surface area contributed by atoms with Gasteiger partial charge in [-0.3, -0.25) is 9.59 Å². The van der Waals surface area contributed by atoms with E-state index in [1.165, 1.54) is 0 Å². The Kier molecular flexibility index (Phi) is 10.7. The van der Waals surface area contributed by atoms with Gasteiger partial charge >= 0.3 is 12.1 Å². The van der Waals surface area contributed by atoms with Crippen LogP contribution in [0, 0.1) is 5.92 Å². The maximum Gasteiger partial charge on any atom is 0.408 e. The van der Waals surface area contributed by atoms with Gasteiger partial charge in [0.2, 0.25) is 11.8 Å². The molecule has 1 aliphatic heterocycles. The molecule has 192 valence electrons. The summed E-state index contributed by atoms with van der Waals surface area (Å²) in [6, 6.07) is 7.75. The molecule has 1 aromatic rings. The lowest BCUT2D eigenvalue weighted by Crippen LogP contribution is -2.51. The Morgan fingerprint density at radius 3 is 2.57 bits per heavy atom. The Bertz CT molecular complexity index is 902. The highest BCUT2D eigenvalue weighted by atomic mass is 16.6. The number of amides is 3. The van der Waals surface area contributed by atoms with Crippen LogP contribution in [0.25, 0.3) is 0 Å². The largest absolute Gasteiger partial charge is 0.462 e. The zero-order chi connectivity index (χ0) is 25.8. The standard InChI is InChI=1S/C25H35N3O7/c1-17(14-29)26-21(30)13-19-11-7-8-12-20(23(32)35-16-25(2,3)28-22(19)31)27-24(33)34-15-18-9-5-4-6-10-18/h4-10,17,19-20,29H,11-16H2,1-3H3,(H,26,30)(H,27,33)(H,28,31)/t17-,19-,20-/m1/s1. The van der Waals surface area contributed by atoms with Crippen LogP contribution >= 0.6 is 0 Å². The Hall–Kier alpha value is -3.40. The molecule has 1 aliphatic rings. The van der Waals surface area contributed by atoms with E-state index < -0.39 is 35.6 Å². The number of aliphatic hydroxyl groups is 1. The fourth-order valence-corrected chi connectivity index (χ4v) is 3.32. The predicted molar refractivity (Wildman–Crippen MR) is 128 cm³/mol. The quantitative estimate of drug-likeness (QED) is 0.336. The third-order valence-corrected chi connectivity index (χ3v) is 5.27. The number of hydrogen-bond acceptors (Lipinski definition) is 7. The molecule has 0 unspecified atom stereocenters. The molecule has 35 heavy (non-hydrogen) atoms. The molecule has 0 bridgehead atoms. The van der Waals surface area contributed by atoms with Gasteiger partial charge in [-0.2, -0.15) is 0 Å². The number of esters is 1. The summed E-state index contributed by atoms with van der Waals surface area (Å²) < 4.78 is 10.6. The number of allylic oxidation sites excluding steroid dienone is 1. The molecule has 2 rings (SSSR count). The molecule has 3 amide bonds. The maximum atomic E-state index is 12.8. The van der Waals surface area contributed by atoms with Crippen molar-refractivity contribution in [2.45, 2.75) is 64.3 Å². The highest BCUT2D eigenvalue weighted by Gasteiger charge is 2.31.